The van der Waals surface area contributed by atoms with Gasteiger partial charge in [-0.1, -0.05) is 12.1 Å². The molecule has 0 unspecified atom stereocenters. The average molecular weight is 412 g/mol. The third-order valence-electron chi connectivity index (χ3n) is 4.76. The number of nitrogens with two attached hydrogens (primary N) is 1. The molecule has 0 radical (unpaired) electrons. The predicted octanol–water partition coefficient (Wildman–Crippen LogP) is 3.95. The maximum Gasteiger partial charge on any atom is 0.410 e. The van der Waals surface area contributed by atoms with Crippen LogP contribution in [0.5, 0.6) is 0 Å². The van der Waals surface area contributed by atoms with Crippen molar-refractivity contribution in [3.63, 3.8) is 0 Å². The van der Waals surface area contributed by atoms with Crippen LogP contribution in [-0.2, 0) is 11.3 Å². The number of hydrogen-bond donors (Lipinski definition) is 2. The molecule has 0 aliphatic carbocycles. The second-order valence-electron chi connectivity index (χ2n) is 6.83. The van der Waals surface area contributed by atoms with E-state index in [-0.39, 0.29) is 35.6 Å². The molecule has 1 aliphatic rings. The molecule has 1 saturated heterocycles. The van der Waals surface area contributed by atoms with Gasteiger partial charge in [-0.25, -0.2) is 13.6 Å². The number of carbonyl (C=O) groups excluding carboxylic acids is 1. The summed E-state index contributed by atoms with van der Waals surface area (Å²) in [5.74, 6) is -1.51. The summed E-state index contributed by atoms with van der Waals surface area (Å²) in [5, 5.41) is 3.21. The lowest BCUT2D eigenvalue weighted by Gasteiger charge is -2.38. The first-order chi connectivity index (χ1) is 12.9. The van der Waals surface area contributed by atoms with E-state index in [1.54, 1.807) is 29.2 Å². The Hall–Kier alpha value is -2.38. The van der Waals surface area contributed by atoms with Crippen LogP contribution in [0.4, 0.5) is 19.3 Å². The first-order valence-electron chi connectivity index (χ1n) is 8.87. The molecular formula is C20H24ClF2N3O2. The van der Waals surface area contributed by atoms with E-state index >= 15 is 0 Å². The maximum atomic E-state index is 14.9. The number of halogens is 3. The number of carbonyl (C=O) groups is 1. The van der Waals surface area contributed by atoms with E-state index in [4.69, 9.17) is 10.5 Å². The zero-order valence-electron chi connectivity index (χ0n) is 15.7. The number of hydrogen-bond acceptors (Lipinski definition) is 4. The fraction of sp³-hybridized carbons (Fsp3) is 0.350. The van der Waals surface area contributed by atoms with Crippen molar-refractivity contribution >= 4 is 24.2 Å². The number of nitrogen functional groups attached to an aromatic ring is 1. The van der Waals surface area contributed by atoms with Crippen LogP contribution in [0, 0.1) is 11.6 Å². The second-order valence-corrected chi connectivity index (χ2v) is 6.83. The molecule has 5 nitrogen and oxygen atoms in total. The van der Waals surface area contributed by atoms with Gasteiger partial charge in [-0.05, 0) is 43.7 Å². The normalized spacial score (nSPS) is 19.1. The lowest BCUT2D eigenvalue weighted by atomic mass is 10.0. The number of benzene rings is 2. The van der Waals surface area contributed by atoms with Gasteiger partial charge >= 0.3 is 6.09 Å². The predicted molar refractivity (Wildman–Crippen MR) is 107 cm³/mol. The standard InChI is InChI=1S/C20H23F2N3O2.ClH/c1-12-9-24-10-13(2)25(12)20(26)27-11-17-18(21)7-6-16(19(17)22)14-4-3-5-15(23)8-14;/h3-8,12-13,24H,9-11,23H2,1-2H3;1H/t12-,13+;. The van der Waals surface area contributed by atoms with E-state index in [1.807, 2.05) is 13.8 Å². The first-order valence-corrected chi connectivity index (χ1v) is 8.87. The van der Waals surface area contributed by atoms with Crippen LogP contribution >= 0.6 is 12.4 Å². The lowest BCUT2D eigenvalue weighted by molar-refractivity contribution is 0.0552. The van der Waals surface area contributed by atoms with Gasteiger partial charge in [-0.3, -0.25) is 0 Å². The smallest absolute Gasteiger partial charge is 0.410 e. The van der Waals surface area contributed by atoms with Crippen LogP contribution in [0.2, 0.25) is 0 Å². The van der Waals surface area contributed by atoms with Gasteiger partial charge in [-0.2, -0.15) is 0 Å². The van der Waals surface area contributed by atoms with E-state index in [0.29, 0.717) is 24.3 Å². The molecule has 0 aromatic heterocycles. The quantitative estimate of drug-likeness (QED) is 0.750. The number of ether oxygens (including phenoxy) is 1. The van der Waals surface area contributed by atoms with Crippen LogP contribution in [0.1, 0.15) is 19.4 Å². The molecule has 2 aromatic carbocycles. The van der Waals surface area contributed by atoms with Gasteiger partial charge in [0.15, 0.2) is 0 Å². The monoisotopic (exact) mass is 411 g/mol. The number of anilines is 1. The molecule has 1 aliphatic heterocycles. The third kappa shape index (κ3) is 4.54. The van der Waals surface area contributed by atoms with Crippen LogP contribution in [0.15, 0.2) is 36.4 Å². The molecule has 2 aromatic rings. The zero-order chi connectivity index (χ0) is 19.6. The maximum absolute atomic E-state index is 14.9. The SMILES string of the molecule is C[C@@H]1CNC[C@H](C)N1C(=O)OCc1c(F)ccc(-c2cccc(N)c2)c1F.Cl. The van der Waals surface area contributed by atoms with Gasteiger partial charge in [0.05, 0.1) is 5.56 Å². The summed E-state index contributed by atoms with van der Waals surface area (Å²) >= 11 is 0. The summed E-state index contributed by atoms with van der Waals surface area (Å²) in [6.45, 7) is 4.60. The highest BCUT2D eigenvalue weighted by Crippen LogP contribution is 2.28. The Bertz CT molecular complexity index is 840. The van der Waals surface area contributed by atoms with Crippen LogP contribution in [0.25, 0.3) is 11.1 Å². The molecule has 1 heterocycles. The van der Waals surface area contributed by atoms with Gasteiger partial charge in [-0.15, -0.1) is 12.4 Å². The van der Waals surface area contributed by atoms with E-state index in [0.717, 1.165) is 0 Å². The molecule has 28 heavy (non-hydrogen) atoms. The Labute approximate surface area is 169 Å². The second kappa shape index (κ2) is 9.21. The molecule has 152 valence electrons. The van der Waals surface area contributed by atoms with Crippen molar-refractivity contribution in [1.82, 2.24) is 10.2 Å². The van der Waals surface area contributed by atoms with Crippen LogP contribution in [0.3, 0.4) is 0 Å². The minimum Gasteiger partial charge on any atom is -0.444 e. The van der Waals surface area contributed by atoms with Crippen molar-refractivity contribution in [3.05, 3.63) is 53.6 Å². The summed E-state index contributed by atoms with van der Waals surface area (Å²) in [4.78, 5) is 14.0. The van der Waals surface area contributed by atoms with Crippen molar-refractivity contribution in [2.75, 3.05) is 18.8 Å². The molecule has 0 saturated carbocycles. The molecular weight excluding hydrogens is 388 g/mol. The lowest BCUT2D eigenvalue weighted by Crippen LogP contribution is -2.57. The largest absolute Gasteiger partial charge is 0.444 e. The molecule has 0 bridgehead atoms. The topological polar surface area (TPSA) is 67.6 Å². The van der Waals surface area contributed by atoms with E-state index in [2.05, 4.69) is 5.32 Å². The third-order valence-corrected chi connectivity index (χ3v) is 4.76. The van der Waals surface area contributed by atoms with Crippen molar-refractivity contribution < 1.29 is 18.3 Å². The van der Waals surface area contributed by atoms with Gasteiger partial charge in [0, 0.05) is 36.4 Å². The van der Waals surface area contributed by atoms with Gasteiger partial charge in [0.1, 0.15) is 18.2 Å². The molecule has 8 heteroatoms. The summed E-state index contributed by atoms with van der Waals surface area (Å²) in [6.07, 6.45) is -0.579. The van der Waals surface area contributed by atoms with Crippen molar-refractivity contribution in [3.8, 4) is 11.1 Å². The minimum atomic E-state index is -0.755. The Kier molecular flexibility index (Phi) is 7.21. The Morgan fingerprint density at radius 2 is 1.89 bits per heavy atom. The van der Waals surface area contributed by atoms with Crippen molar-refractivity contribution in [2.45, 2.75) is 32.5 Å². The van der Waals surface area contributed by atoms with E-state index in [1.165, 1.54) is 12.1 Å². The van der Waals surface area contributed by atoms with E-state index < -0.39 is 24.3 Å². The molecule has 3 rings (SSSR count). The molecule has 3 N–H and O–H groups in total. The highest BCUT2D eigenvalue weighted by molar-refractivity contribution is 5.85. The number of nitrogens with zero attached hydrogens (tertiary/aromatic N) is 1. The van der Waals surface area contributed by atoms with Crippen molar-refractivity contribution in [2.24, 2.45) is 0 Å². The highest BCUT2D eigenvalue weighted by Gasteiger charge is 2.30. The number of piperazine rings is 1. The van der Waals surface area contributed by atoms with Gasteiger partial charge < -0.3 is 20.7 Å². The summed E-state index contributed by atoms with van der Waals surface area (Å²) in [7, 11) is 0. The van der Waals surface area contributed by atoms with Crippen LogP contribution in [-0.4, -0.2) is 36.2 Å². The Morgan fingerprint density at radius 3 is 2.54 bits per heavy atom. The summed E-state index contributed by atoms with van der Waals surface area (Å²) < 4.78 is 34.3. The highest BCUT2D eigenvalue weighted by atomic mass is 35.5. The molecule has 0 spiro atoms. The number of amides is 1. The summed E-state index contributed by atoms with van der Waals surface area (Å²) in [5.41, 5.74) is 6.68. The number of rotatable bonds is 3. The average Bonchev–Trinajstić information content (AvgIpc) is 2.61. The fourth-order valence-corrected chi connectivity index (χ4v) is 3.36. The fourth-order valence-electron chi connectivity index (χ4n) is 3.36. The molecule has 2 atom stereocenters. The van der Waals surface area contributed by atoms with Gasteiger partial charge in [0.25, 0.3) is 0 Å². The van der Waals surface area contributed by atoms with Gasteiger partial charge in [0.2, 0.25) is 0 Å². The zero-order valence-corrected chi connectivity index (χ0v) is 16.6. The summed E-state index contributed by atoms with van der Waals surface area (Å²) in [6, 6.07) is 9.07. The Morgan fingerprint density at radius 1 is 1.21 bits per heavy atom. The van der Waals surface area contributed by atoms with Crippen molar-refractivity contribution in [1.29, 1.82) is 0 Å². The first kappa shape index (κ1) is 21.9. The molecule has 1 amide bonds. The number of nitrogens with one attached hydrogen (secondary N) is 1. The molecule has 1 fully saturated rings. The van der Waals surface area contributed by atoms with Crippen LogP contribution < -0.4 is 11.1 Å². The van der Waals surface area contributed by atoms with E-state index in [9.17, 15) is 13.6 Å². The Balaban J connectivity index is 0.00000280. The minimum absolute atomic E-state index is 0.